The molecule has 2 aliphatic rings. The van der Waals surface area contributed by atoms with E-state index in [4.69, 9.17) is 0 Å². The molecule has 2 fully saturated rings. The van der Waals surface area contributed by atoms with Gasteiger partial charge in [0.05, 0.1) is 4.90 Å². The zero-order chi connectivity index (χ0) is 16.3. The monoisotopic (exact) mass is 358 g/mol. The molecular weight excluding hydrogens is 335 g/mol. The summed E-state index contributed by atoms with van der Waals surface area (Å²) in [5.41, 5.74) is 0. The Morgan fingerprint density at radius 1 is 1.17 bits per heavy atom. The second-order valence-corrected chi connectivity index (χ2v) is 9.22. The molecule has 23 heavy (non-hydrogen) atoms. The van der Waals surface area contributed by atoms with Gasteiger partial charge in [-0.1, -0.05) is 0 Å². The van der Waals surface area contributed by atoms with Gasteiger partial charge in [0, 0.05) is 18.3 Å². The summed E-state index contributed by atoms with van der Waals surface area (Å²) in [6, 6.07) is 5.67. The first-order valence-corrected chi connectivity index (χ1v) is 10.8. The molecule has 0 aromatic heterocycles. The summed E-state index contributed by atoms with van der Waals surface area (Å²) in [6.45, 7) is 2.59. The molecule has 0 bridgehead atoms. The van der Waals surface area contributed by atoms with Gasteiger partial charge in [0.25, 0.3) is 0 Å². The lowest BCUT2D eigenvalue weighted by molar-refractivity contribution is 0.145. The summed E-state index contributed by atoms with van der Waals surface area (Å²) in [6.07, 6.45) is 3.35. The maximum atomic E-state index is 12.9. The molecule has 7 heteroatoms. The average molecular weight is 359 g/mol. The maximum absolute atomic E-state index is 12.9. The fraction of sp³-hybridized carbons (Fsp3) is 0.625. The van der Waals surface area contributed by atoms with Crippen molar-refractivity contribution >= 4 is 21.8 Å². The summed E-state index contributed by atoms with van der Waals surface area (Å²) >= 11 is 2.03. The van der Waals surface area contributed by atoms with Crippen LogP contribution in [0.3, 0.4) is 0 Å². The number of thioether (sulfide) groups is 1. The molecule has 2 aliphatic heterocycles. The summed E-state index contributed by atoms with van der Waals surface area (Å²) in [7, 11) is -3.54. The minimum absolute atomic E-state index is 0.124. The zero-order valence-electron chi connectivity index (χ0n) is 13.1. The van der Waals surface area contributed by atoms with E-state index < -0.39 is 15.8 Å². The third-order valence-electron chi connectivity index (χ3n) is 4.76. The van der Waals surface area contributed by atoms with E-state index in [9.17, 15) is 12.8 Å². The Labute approximate surface area is 141 Å². The summed E-state index contributed by atoms with van der Waals surface area (Å²) in [5.74, 6) is 2.46. The van der Waals surface area contributed by atoms with Crippen molar-refractivity contribution < 1.29 is 12.8 Å². The van der Waals surface area contributed by atoms with Crippen LogP contribution < -0.4 is 4.72 Å². The van der Waals surface area contributed by atoms with Gasteiger partial charge < -0.3 is 0 Å². The van der Waals surface area contributed by atoms with Gasteiger partial charge in [-0.15, -0.1) is 0 Å². The van der Waals surface area contributed by atoms with E-state index in [1.165, 1.54) is 42.2 Å². The molecule has 2 heterocycles. The Bertz CT molecular complexity index is 607. The standard InChI is InChI=1S/C16H23FN2O2S2/c17-14-1-3-16(4-2-14)23(20,21)18-11-13-5-8-19(9-6-13)15-7-10-22-12-15/h1-4,13,15,18H,5-12H2. The molecule has 0 radical (unpaired) electrons. The lowest BCUT2D eigenvalue weighted by Gasteiger charge is -2.35. The predicted molar refractivity (Wildman–Crippen MR) is 91.6 cm³/mol. The Balaban J connectivity index is 1.48. The second-order valence-electron chi connectivity index (χ2n) is 6.30. The Morgan fingerprint density at radius 2 is 1.87 bits per heavy atom. The molecule has 3 rings (SSSR count). The topological polar surface area (TPSA) is 49.4 Å². The fourth-order valence-corrected chi connectivity index (χ4v) is 5.63. The van der Waals surface area contributed by atoms with Crippen LogP contribution in [0.15, 0.2) is 29.2 Å². The lowest BCUT2D eigenvalue weighted by atomic mass is 9.96. The first kappa shape index (κ1) is 17.2. The SMILES string of the molecule is O=S(=O)(NCC1CCN(C2CCSC2)CC1)c1ccc(F)cc1. The van der Waals surface area contributed by atoms with E-state index in [0.717, 1.165) is 32.0 Å². The molecule has 128 valence electrons. The van der Waals surface area contributed by atoms with Gasteiger partial charge in [-0.25, -0.2) is 17.5 Å². The third-order valence-corrected chi connectivity index (χ3v) is 7.34. The largest absolute Gasteiger partial charge is 0.300 e. The van der Waals surface area contributed by atoms with E-state index >= 15 is 0 Å². The maximum Gasteiger partial charge on any atom is 0.240 e. The molecule has 1 aromatic rings. The Kier molecular flexibility index (Phi) is 5.61. The van der Waals surface area contributed by atoms with Crippen molar-refractivity contribution in [2.75, 3.05) is 31.1 Å². The Hall–Kier alpha value is -0.630. The minimum Gasteiger partial charge on any atom is -0.300 e. The zero-order valence-corrected chi connectivity index (χ0v) is 14.7. The highest BCUT2D eigenvalue weighted by Crippen LogP contribution is 2.26. The van der Waals surface area contributed by atoms with Gasteiger partial charge in [0.1, 0.15) is 5.82 Å². The lowest BCUT2D eigenvalue weighted by Crippen LogP contribution is -2.43. The number of nitrogens with one attached hydrogen (secondary N) is 1. The summed E-state index contributed by atoms with van der Waals surface area (Å²) < 4.78 is 40.0. The van der Waals surface area contributed by atoms with Crippen molar-refractivity contribution in [3.8, 4) is 0 Å². The highest BCUT2D eigenvalue weighted by Gasteiger charge is 2.28. The highest BCUT2D eigenvalue weighted by molar-refractivity contribution is 7.99. The van der Waals surface area contributed by atoms with Crippen molar-refractivity contribution in [1.82, 2.24) is 9.62 Å². The first-order valence-electron chi connectivity index (χ1n) is 8.11. The van der Waals surface area contributed by atoms with E-state index in [-0.39, 0.29) is 4.90 Å². The number of benzene rings is 1. The van der Waals surface area contributed by atoms with Crippen LogP contribution in [-0.2, 0) is 10.0 Å². The van der Waals surface area contributed by atoms with Crippen LogP contribution in [-0.4, -0.2) is 50.5 Å². The molecule has 0 saturated carbocycles. The van der Waals surface area contributed by atoms with E-state index in [1.54, 1.807) is 0 Å². The molecule has 1 atom stereocenters. The minimum atomic E-state index is -3.54. The van der Waals surface area contributed by atoms with Crippen LogP contribution in [0.25, 0.3) is 0 Å². The van der Waals surface area contributed by atoms with Crippen LogP contribution in [0.5, 0.6) is 0 Å². The van der Waals surface area contributed by atoms with Crippen LogP contribution in [0.2, 0.25) is 0 Å². The van der Waals surface area contributed by atoms with Crippen molar-refractivity contribution in [2.45, 2.75) is 30.2 Å². The number of halogens is 1. The quantitative estimate of drug-likeness (QED) is 0.878. The molecule has 1 unspecified atom stereocenters. The van der Waals surface area contributed by atoms with Crippen molar-refractivity contribution in [3.63, 3.8) is 0 Å². The third kappa shape index (κ3) is 4.47. The van der Waals surface area contributed by atoms with Crippen LogP contribution in [0, 0.1) is 11.7 Å². The summed E-state index contributed by atoms with van der Waals surface area (Å²) in [5, 5.41) is 0. The van der Waals surface area contributed by atoms with Gasteiger partial charge >= 0.3 is 0 Å². The summed E-state index contributed by atoms with van der Waals surface area (Å²) in [4.78, 5) is 2.68. The predicted octanol–water partition coefficient (Wildman–Crippen LogP) is 2.32. The number of likely N-dealkylation sites (tertiary alicyclic amines) is 1. The number of hydrogen-bond acceptors (Lipinski definition) is 4. The van der Waals surface area contributed by atoms with E-state index in [1.807, 2.05) is 11.8 Å². The number of piperidine rings is 1. The van der Waals surface area contributed by atoms with Gasteiger partial charge in [-0.2, -0.15) is 11.8 Å². The van der Waals surface area contributed by atoms with E-state index in [0.29, 0.717) is 12.5 Å². The molecule has 0 spiro atoms. The number of hydrogen-bond donors (Lipinski definition) is 1. The van der Waals surface area contributed by atoms with Gasteiger partial charge in [0.2, 0.25) is 10.0 Å². The van der Waals surface area contributed by atoms with Crippen molar-refractivity contribution in [3.05, 3.63) is 30.1 Å². The molecule has 0 amide bonds. The number of nitrogens with zero attached hydrogens (tertiary/aromatic N) is 1. The van der Waals surface area contributed by atoms with Crippen molar-refractivity contribution in [1.29, 1.82) is 0 Å². The first-order chi connectivity index (χ1) is 11.0. The van der Waals surface area contributed by atoms with Gasteiger partial charge in [0.15, 0.2) is 0 Å². The molecule has 1 aromatic carbocycles. The highest BCUT2D eigenvalue weighted by atomic mass is 32.2. The smallest absolute Gasteiger partial charge is 0.240 e. The van der Waals surface area contributed by atoms with Gasteiger partial charge in [-0.05, 0) is 68.3 Å². The molecule has 1 N–H and O–H groups in total. The van der Waals surface area contributed by atoms with Crippen LogP contribution >= 0.6 is 11.8 Å². The van der Waals surface area contributed by atoms with Crippen molar-refractivity contribution in [2.24, 2.45) is 5.92 Å². The second kappa shape index (κ2) is 7.51. The number of rotatable bonds is 5. The van der Waals surface area contributed by atoms with Crippen LogP contribution in [0.1, 0.15) is 19.3 Å². The van der Waals surface area contributed by atoms with Gasteiger partial charge in [-0.3, -0.25) is 4.90 Å². The average Bonchev–Trinajstić information content (AvgIpc) is 3.08. The molecule has 2 saturated heterocycles. The Morgan fingerprint density at radius 3 is 2.48 bits per heavy atom. The molecule has 0 aliphatic carbocycles. The molecule has 4 nitrogen and oxygen atoms in total. The van der Waals surface area contributed by atoms with E-state index in [2.05, 4.69) is 9.62 Å². The normalized spacial score (nSPS) is 24.1. The van der Waals surface area contributed by atoms with Crippen LogP contribution in [0.4, 0.5) is 4.39 Å². The molecular formula is C16H23FN2O2S2. The fourth-order valence-electron chi connectivity index (χ4n) is 3.26. The number of sulfonamides is 1.